The molecule has 0 aliphatic carbocycles. The summed E-state index contributed by atoms with van der Waals surface area (Å²) in [6.45, 7) is 4.53. The van der Waals surface area contributed by atoms with E-state index in [0.29, 0.717) is 0 Å². The maximum absolute atomic E-state index is 11.0. The molecule has 1 aromatic carbocycles. The van der Waals surface area contributed by atoms with Gasteiger partial charge in [0.2, 0.25) is 0 Å². The molecule has 2 heteroatoms. The van der Waals surface area contributed by atoms with E-state index in [2.05, 4.69) is 6.92 Å². The average Bonchev–Trinajstić information content (AvgIpc) is 2.29. The minimum absolute atomic E-state index is 0.0921. The van der Waals surface area contributed by atoms with Gasteiger partial charge in [-0.2, -0.15) is 0 Å². The van der Waals surface area contributed by atoms with Gasteiger partial charge in [0.05, 0.1) is 6.61 Å². The number of benzene rings is 1. The zero-order valence-corrected chi connectivity index (χ0v) is 10.2. The van der Waals surface area contributed by atoms with Crippen molar-refractivity contribution in [1.82, 2.24) is 0 Å². The predicted octanol–water partition coefficient (Wildman–Crippen LogP) is 3.85. The molecule has 0 bridgehead atoms. The topological polar surface area (TPSA) is 26.3 Å². The molecule has 0 saturated carbocycles. The molecule has 0 aliphatic heterocycles. The fourth-order valence-corrected chi connectivity index (χ4v) is 1.50. The number of hydrogen-bond acceptors (Lipinski definition) is 2. The zero-order chi connectivity index (χ0) is 11.8. The second kappa shape index (κ2) is 7.04. The summed E-state index contributed by atoms with van der Waals surface area (Å²) >= 11 is 0. The second-order valence-corrected chi connectivity index (χ2v) is 3.99. The van der Waals surface area contributed by atoms with Crippen molar-refractivity contribution >= 4 is 5.78 Å². The third-order valence-electron chi connectivity index (χ3n) is 2.53. The first-order chi connectivity index (χ1) is 7.74. The van der Waals surface area contributed by atoms with E-state index in [0.717, 1.165) is 24.3 Å². The van der Waals surface area contributed by atoms with Crippen molar-refractivity contribution in [3.8, 4) is 5.75 Å². The standard InChI is InChI=1S/C14H20O2/c1-3-4-5-6-11-16-14-9-7-13(8-10-14)12(2)15/h7-10H,3-6,11H2,1-2H3. The number of unbranched alkanes of at least 4 members (excludes halogenated alkanes) is 3. The molecular formula is C14H20O2. The van der Waals surface area contributed by atoms with Gasteiger partial charge in [0, 0.05) is 5.56 Å². The Balaban J connectivity index is 2.29. The first-order valence-electron chi connectivity index (χ1n) is 5.98. The molecule has 0 atom stereocenters. The van der Waals surface area contributed by atoms with Crippen LogP contribution in [0.2, 0.25) is 0 Å². The largest absolute Gasteiger partial charge is 0.494 e. The van der Waals surface area contributed by atoms with E-state index in [9.17, 15) is 4.79 Å². The molecule has 88 valence electrons. The van der Waals surface area contributed by atoms with E-state index in [1.807, 2.05) is 24.3 Å². The molecule has 0 fully saturated rings. The molecule has 0 aliphatic rings. The van der Waals surface area contributed by atoms with E-state index in [1.165, 1.54) is 19.3 Å². The summed E-state index contributed by atoms with van der Waals surface area (Å²) in [4.78, 5) is 11.0. The van der Waals surface area contributed by atoms with Crippen LogP contribution in [0.15, 0.2) is 24.3 Å². The molecular weight excluding hydrogens is 200 g/mol. The van der Waals surface area contributed by atoms with Crippen molar-refractivity contribution in [2.24, 2.45) is 0 Å². The Labute approximate surface area is 97.6 Å². The molecule has 0 heterocycles. The van der Waals surface area contributed by atoms with Crippen LogP contribution >= 0.6 is 0 Å². The molecule has 0 N–H and O–H groups in total. The number of rotatable bonds is 7. The molecule has 1 aromatic rings. The Hall–Kier alpha value is -1.31. The maximum atomic E-state index is 11.0. The Bertz CT molecular complexity index is 314. The SMILES string of the molecule is CCCCCCOc1ccc(C(C)=O)cc1. The number of carbonyl (C=O) groups is 1. The Morgan fingerprint density at radius 2 is 1.81 bits per heavy atom. The van der Waals surface area contributed by atoms with Crippen LogP contribution < -0.4 is 4.74 Å². The van der Waals surface area contributed by atoms with Crippen molar-refractivity contribution in [2.45, 2.75) is 39.5 Å². The van der Waals surface area contributed by atoms with Crippen LogP contribution in [-0.2, 0) is 0 Å². The molecule has 0 aromatic heterocycles. The highest BCUT2D eigenvalue weighted by molar-refractivity contribution is 5.94. The van der Waals surface area contributed by atoms with Crippen LogP contribution in [0.25, 0.3) is 0 Å². The molecule has 0 spiro atoms. The van der Waals surface area contributed by atoms with Crippen molar-refractivity contribution in [1.29, 1.82) is 0 Å². The van der Waals surface area contributed by atoms with Gasteiger partial charge in [-0.3, -0.25) is 4.79 Å². The number of Topliss-reactive ketones (excluding diaryl/α,β-unsaturated/α-hetero) is 1. The Kier molecular flexibility index (Phi) is 5.62. The Morgan fingerprint density at radius 3 is 2.38 bits per heavy atom. The zero-order valence-electron chi connectivity index (χ0n) is 10.2. The number of hydrogen-bond donors (Lipinski definition) is 0. The first kappa shape index (κ1) is 12.8. The third-order valence-corrected chi connectivity index (χ3v) is 2.53. The minimum atomic E-state index is 0.0921. The van der Waals surface area contributed by atoms with Gasteiger partial charge in [-0.15, -0.1) is 0 Å². The van der Waals surface area contributed by atoms with Gasteiger partial charge in [-0.1, -0.05) is 26.2 Å². The Morgan fingerprint density at radius 1 is 1.12 bits per heavy atom. The van der Waals surface area contributed by atoms with Gasteiger partial charge in [0.15, 0.2) is 5.78 Å². The van der Waals surface area contributed by atoms with Crippen LogP contribution in [0.5, 0.6) is 5.75 Å². The fraction of sp³-hybridized carbons (Fsp3) is 0.500. The van der Waals surface area contributed by atoms with Gasteiger partial charge in [-0.25, -0.2) is 0 Å². The van der Waals surface area contributed by atoms with Crippen molar-refractivity contribution in [3.05, 3.63) is 29.8 Å². The normalized spacial score (nSPS) is 10.1. The molecule has 0 radical (unpaired) electrons. The smallest absolute Gasteiger partial charge is 0.159 e. The highest BCUT2D eigenvalue weighted by atomic mass is 16.5. The predicted molar refractivity (Wildman–Crippen MR) is 66.1 cm³/mol. The third kappa shape index (κ3) is 4.47. The summed E-state index contributed by atoms with van der Waals surface area (Å²) in [5, 5.41) is 0. The van der Waals surface area contributed by atoms with E-state index in [4.69, 9.17) is 4.74 Å². The highest BCUT2D eigenvalue weighted by Crippen LogP contribution is 2.13. The lowest BCUT2D eigenvalue weighted by Gasteiger charge is -2.06. The summed E-state index contributed by atoms with van der Waals surface area (Å²) in [6, 6.07) is 7.33. The van der Waals surface area contributed by atoms with Gasteiger partial charge in [-0.05, 0) is 37.6 Å². The first-order valence-corrected chi connectivity index (χ1v) is 5.98. The summed E-state index contributed by atoms with van der Waals surface area (Å²) in [5.41, 5.74) is 0.735. The molecule has 16 heavy (non-hydrogen) atoms. The van der Waals surface area contributed by atoms with Crippen molar-refractivity contribution in [2.75, 3.05) is 6.61 Å². The number of ketones is 1. The maximum Gasteiger partial charge on any atom is 0.159 e. The van der Waals surface area contributed by atoms with Crippen LogP contribution in [0.3, 0.4) is 0 Å². The van der Waals surface area contributed by atoms with Crippen LogP contribution in [-0.4, -0.2) is 12.4 Å². The van der Waals surface area contributed by atoms with Crippen LogP contribution in [0.4, 0.5) is 0 Å². The van der Waals surface area contributed by atoms with E-state index >= 15 is 0 Å². The lowest BCUT2D eigenvalue weighted by atomic mass is 10.1. The summed E-state index contributed by atoms with van der Waals surface area (Å²) in [6.07, 6.45) is 4.84. The van der Waals surface area contributed by atoms with Gasteiger partial charge in [0.1, 0.15) is 5.75 Å². The second-order valence-electron chi connectivity index (χ2n) is 3.99. The minimum Gasteiger partial charge on any atom is -0.494 e. The molecule has 2 nitrogen and oxygen atoms in total. The lowest BCUT2D eigenvalue weighted by molar-refractivity contribution is 0.101. The monoisotopic (exact) mass is 220 g/mol. The number of carbonyl (C=O) groups excluding carboxylic acids is 1. The van der Waals surface area contributed by atoms with Gasteiger partial charge >= 0.3 is 0 Å². The van der Waals surface area contributed by atoms with E-state index < -0.39 is 0 Å². The average molecular weight is 220 g/mol. The van der Waals surface area contributed by atoms with Crippen LogP contribution in [0.1, 0.15) is 49.9 Å². The van der Waals surface area contributed by atoms with Crippen molar-refractivity contribution < 1.29 is 9.53 Å². The van der Waals surface area contributed by atoms with Crippen molar-refractivity contribution in [3.63, 3.8) is 0 Å². The molecule has 0 unspecified atom stereocenters. The van der Waals surface area contributed by atoms with Crippen LogP contribution in [0, 0.1) is 0 Å². The highest BCUT2D eigenvalue weighted by Gasteiger charge is 1.99. The van der Waals surface area contributed by atoms with Gasteiger partial charge < -0.3 is 4.74 Å². The molecule has 0 amide bonds. The summed E-state index contributed by atoms with van der Waals surface area (Å²) in [7, 11) is 0. The lowest BCUT2D eigenvalue weighted by Crippen LogP contribution is -1.98. The van der Waals surface area contributed by atoms with E-state index in [-0.39, 0.29) is 5.78 Å². The molecule has 1 rings (SSSR count). The summed E-state index contributed by atoms with van der Waals surface area (Å²) in [5.74, 6) is 0.941. The van der Waals surface area contributed by atoms with Gasteiger partial charge in [0.25, 0.3) is 0 Å². The fourth-order valence-electron chi connectivity index (χ4n) is 1.50. The quantitative estimate of drug-likeness (QED) is 0.515. The molecule has 0 saturated heterocycles. The van der Waals surface area contributed by atoms with E-state index in [1.54, 1.807) is 6.92 Å². The summed E-state index contributed by atoms with van der Waals surface area (Å²) < 4.78 is 5.58. The number of ether oxygens (including phenoxy) is 1.